The summed E-state index contributed by atoms with van der Waals surface area (Å²) >= 11 is 0. The zero-order valence-electron chi connectivity index (χ0n) is 13.1. The third-order valence-electron chi connectivity index (χ3n) is 3.49. The molecule has 0 atom stereocenters. The van der Waals surface area contributed by atoms with Gasteiger partial charge in [0.25, 0.3) is 10.0 Å². The SMILES string of the molecule is Cc1ncc(-c2ccc(S(=O)(=O)Nc3ccc(C)c(F)c3)cc2)o1. The molecule has 3 rings (SSSR count). The molecule has 0 aliphatic carbocycles. The van der Waals surface area contributed by atoms with Crippen LogP contribution in [0.1, 0.15) is 11.5 Å². The average molecular weight is 346 g/mol. The maximum absolute atomic E-state index is 13.5. The van der Waals surface area contributed by atoms with Crippen LogP contribution in [0.4, 0.5) is 10.1 Å². The van der Waals surface area contributed by atoms with Gasteiger partial charge in [0.05, 0.1) is 16.8 Å². The van der Waals surface area contributed by atoms with E-state index in [2.05, 4.69) is 9.71 Å². The smallest absolute Gasteiger partial charge is 0.261 e. The molecule has 24 heavy (non-hydrogen) atoms. The summed E-state index contributed by atoms with van der Waals surface area (Å²) in [4.78, 5) is 4.08. The molecule has 3 aromatic rings. The summed E-state index contributed by atoms with van der Waals surface area (Å²) in [6, 6.07) is 10.4. The van der Waals surface area contributed by atoms with Crippen molar-refractivity contribution >= 4 is 15.7 Å². The number of nitrogens with zero attached hydrogens (tertiary/aromatic N) is 1. The molecule has 5 nitrogen and oxygen atoms in total. The molecule has 0 saturated heterocycles. The van der Waals surface area contributed by atoms with Crippen molar-refractivity contribution in [3.8, 4) is 11.3 Å². The minimum Gasteiger partial charge on any atom is -0.441 e. The number of sulfonamides is 1. The molecule has 0 bridgehead atoms. The lowest BCUT2D eigenvalue weighted by Crippen LogP contribution is -2.13. The number of hydrogen-bond donors (Lipinski definition) is 1. The van der Waals surface area contributed by atoms with Crippen LogP contribution in [0.2, 0.25) is 0 Å². The highest BCUT2D eigenvalue weighted by molar-refractivity contribution is 7.92. The summed E-state index contributed by atoms with van der Waals surface area (Å²) in [5, 5.41) is 0. The molecular weight excluding hydrogens is 331 g/mol. The van der Waals surface area contributed by atoms with Crippen molar-refractivity contribution in [3.63, 3.8) is 0 Å². The van der Waals surface area contributed by atoms with Crippen molar-refractivity contribution in [3.05, 3.63) is 65.9 Å². The number of benzene rings is 2. The second kappa shape index (κ2) is 6.09. The lowest BCUT2D eigenvalue weighted by atomic mass is 10.2. The van der Waals surface area contributed by atoms with Gasteiger partial charge < -0.3 is 4.42 Å². The van der Waals surface area contributed by atoms with Crippen LogP contribution in [0, 0.1) is 19.7 Å². The second-order valence-electron chi connectivity index (χ2n) is 5.34. The first kappa shape index (κ1) is 16.2. The third-order valence-corrected chi connectivity index (χ3v) is 4.89. The van der Waals surface area contributed by atoms with E-state index in [1.165, 1.54) is 24.3 Å². The van der Waals surface area contributed by atoms with Gasteiger partial charge in [0.1, 0.15) is 5.82 Å². The van der Waals surface area contributed by atoms with E-state index in [9.17, 15) is 12.8 Å². The molecule has 124 valence electrons. The van der Waals surface area contributed by atoms with Crippen molar-refractivity contribution in [2.45, 2.75) is 18.7 Å². The van der Waals surface area contributed by atoms with E-state index < -0.39 is 15.8 Å². The Morgan fingerprint density at radius 1 is 1.08 bits per heavy atom. The van der Waals surface area contributed by atoms with E-state index >= 15 is 0 Å². The Labute approximate surface area is 139 Å². The van der Waals surface area contributed by atoms with Crippen LogP contribution in [-0.4, -0.2) is 13.4 Å². The van der Waals surface area contributed by atoms with E-state index in [0.717, 1.165) is 11.6 Å². The van der Waals surface area contributed by atoms with E-state index in [1.54, 1.807) is 32.2 Å². The summed E-state index contributed by atoms with van der Waals surface area (Å²) in [7, 11) is -3.80. The Bertz CT molecular complexity index is 979. The summed E-state index contributed by atoms with van der Waals surface area (Å²) in [5.74, 6) is 0.626. The lowest BCUT2D eigenvalue weighted by molar-refractivity contribution is 0.534. The van der Waals surface area contributed by atoms with Gasteiger partial charge in [0, 0.05) is 12.5 Å². The van der Waals surface area contributed by atoms with Crippen molar-refractivity contribution in [2.24, 2.45) is 0 Å². The number of hydrogen-bond acceptors (Lipinski definition) is 4. The van der Waals surface area contributed by atoms with Crippen LogP contribution >= 0.6 is 0 Å². The summed E-state index contributed by atoms with van der Waals surface area (Å²) in [5.41, 5.74) is 1.34. The van der Waals surface area contributed by atoms with Crippen molar-refractivity contribution in [1.82, 2.24) is 4.98 Å². The molecule has 0 radical (unpaired) electrons. The standard InChI is InChI=1S/C17H15FN2O3S/c1-11-3-6-14(9-16(11)18)20-24(21,22)15-7-4-13(5-8-15)17-10-19-12(2)23-17/h3-10,20H,1-2H3. The third kappa shape index (κ3) is 3.30. The fourth-order valence-electron chi connectivity index (χ4n) is 2.16. The number of aryl methyl sites for hydroxylation is 2. The monoisotopic (exact) mass is 346 g/mol. The highest BCUT2D eigenvalue weighted by Gasteiger charge is 2.15. The first-order chi connectivity index (χ1) is 11.3. The van der Waals surface area contributed by atoms with Crippen molar-refractivity contribution < 1.29 is 17.2 Å². The molecule has 0 fully saturated rings. The Kier molecular flexibility index (Phi) is 4.11. The van der Waals surface area contributed by atoms with E-state index in [-0.39, 0.29) is 10.6 Å². The molecular formula is C17H15FN2O3S. The van der Waals surface area contributed by atoms with Gasteiger partial charge in [-0.15, -0.1) is 0 Å². The molecule has 1 aromatic heterocycles. The average Bonchev–Trinajstić information content (AvgIpc) is 2.97. The topological polar surface area (TPSA) is 72.2 Å². The zero-order chi connectivity index (χ0) is 17.3. The van der Waals surface area contributed by atoms with Gasteiger partial charge in [-0.3, -0.25) is 4.72 Å². The minimum absolute atomic E-state index is 0.0727. The molecule has 0 aliphatic rings. The number of nitrogens with one attached hydrogen (secondary N) is 1. The Hall–Kier alpha value is -2.67. The molecule has 1 N–H and O–H groups in total. The number of halogens is 1. The number of anilines is 1. The quantitative estimate of drug-likeness (QED) is 0.778. The predicted molar refractivity (Wildman–Crippen MR) is 88.6 cm³/mol. The van der Waals surface area contributed by atoms with E-state index in [4.69, 9.17) is 4.42 Å². The van der Waals surface area contributed by atoms with E-state index in [0.29, 0.717) is 17.2 Å². The number of rotatable bonds is 4. The first-order valence-corrected chi connectivity index (χ1v) is 8.65. The fourth-order valence-corrected chi connectivity index (χ4v) is 3.21. The van der Waals surface area contributed by atoms with Gasteiger partial charge in [-0.1, -0.05) is 6.07 Å². The number of aromatic nitrogens is 1. The Morgan fingerprint density at radius 3 is 2.38 bits per heavy atom. The van der Waals surface area contributed by atoms with Crippen LogP contribution in [0.15, 0.2) is 58.0 Å². The zero-order valence-corrected chi connectivity index (χ0v) is 13.9. The van der Waals surface area contributed by atoms with Crippen LogP contribution in [0.5, 0.6) is 0 Å². The second-order valence-corrected chi connectivity index (χ2v) is 7.02. The molecule has 0 saturated carbocycles. The van der Waals surface area contributed by atoms with Crippen LogP contribution in [0.3, 0.4) is 0 Å². The van der Waals surface area contributed by atoms with Crippen LogP contribution in [0.25, 0.3) is 11.3 Å². The molecule has 7 heteroatoms. The molecule has 2 aromatic carbocycles. The van der Waals surface area contributed by atoms with Gasteiger partial charge >= 0.3 is 0 Å². The summed E-state index contributed by atoms with van der Waals surface area (Å²) in [6.45, 7) is 3.34. The van der Waals surface area contributed by atoms with Gasteiger partial charge in [-0.25, -0.2) is 17.8 Å². The highest BCUT2D eigenvalue weighted by Crippen LogP contribution is 2.23. The van der Waals surface area contributed by atoms with Gasteiger partial charge in [-0.05, 0) is 48.9 Å². The largest absolute Gasteiger partial charge is 0.441 e. The highest BCUT2D eigenvalue weighted by atomic mass is 32.2. The predicted octanol–water partition coefficient (Wildman–Crippen LogP) is 3.90. The van der Waals surface area contributed by atoms with Gasteiger partial charge in [0.15, 0.2) is 11.7 Å². The molecule has 0 spiro atoms. The van der Waals surface area contributed by atoms with Gasteiger partial charge in [-0.2, -0.15) is 0 Å². The van der Waals surface area contributed by atoms with Crippen LogP contribution in [-0.2, 0) is 10.0 Å². The maximum Gasteiger partial charge on any atom is 0.261 e. The minimum atomic E-state index is -3.80. The lowest BCUT2D eigenvalue weighted by Gasteiger charge is -2.09. The molecule has 1 heterocycles. The molecule has 0 unspecified atom stereocenters. The first-order valence-electron chi connectivity index (χ1n) is 7.17. The molecule has 0 amide bonds. The maximum atomic E-state index is 13.5. The van der Waals surface area contributed by atoms with Crippen molar-refractivity contribution in [2.75, 3.05) is 4.72 Å². The fraction of sp³-hybridized carbons (Fsp3) is 0.118. The van der Waals surface area contributed by atoms with Gasteiger partial charge in [0.2, 0.25) is 0 Å². The normalized spacial score (nSPS) is 11.5. The Balaban J connectivity index is 1.85. The van der Waals surface area contributed by atoms with E-state index in [1.807, 2.05) is 0 Å². The number of oxazole rings is 1. The van der Waals surface area contributed by atoms with Crippen molar-refractivity contribution in [1.29, 1.82) is 0 Å². The van der Waals surface area contributed by atoms with Crippen LogP contribution < -0.4 is 4.72 Å². The molecule has 0 aliphatic heterocycles. The summed E-state index contributed by atoms with van der Waals surface area (Å²) in [6.07, 6.45) is 1.58. The Morgan fingerprint density at radius 2 is 1.79 bits per heavy atom. The summed E-state index contributed by atoms with van der Waals surface area (Å²) < 4.78 is 46.1.